The third kappa shape index (κ3) is 3.07. The quantitative estimate of drug-likeness (QED) is 0.866. The Kier molecular flexibility index (Phi) is 3.88. The molecule has 2 rings (SSSR count). The minimum Gasteiger partial charge on any atom is -0.386 e. The topological polar surface area (TPSA) is 41.5 Å². The maximum Gasteiger partial charge on any atom is 0.103 e. The SMILES string of the molecule is Cc1cc(C(C)NCC2(O)CCOC2)c(C)s1. The van der Waals surface area contributed by atoms with Gasteiger partial charge in [-0.2, -0.15) is 0 Å². The van der Waals surface area contributed by atoms with Gasteiger partial charge >= 0.3 is 0 Å². The first-order valence-electron chi connectivity index (χ1n) is 6.11. The van der Waals surface area contributed by atoms with Crippen molar-refractivity contribution < 1.29 is 9.84 Å². The van der Waals surface area contributed by atoms with E-state index in [2.05, 4.69) is 32.2 Å². The van der Waals surface area contributed by atoms with E-state index in [1.165, 1.54) is 15.3 Å². The molecular weight excluding hydrogens is 234 g/mol. The van der Waals surface area contributed by atoms with Crippen molar-refractivity contribution in [2.75, 3.05) is 19.8 Å². The van der Waals surface area contributed by atoms with E-state index in [9.17, 15) is 5.11 Å². The Morgan fingerprint density at radius 3 is 2.88 bits per heavy atom. The highest BCUT2D eigenvalue weighted by atomic mass is 32.1. The molecule has 0 aromatic carbocycles. The van der Waals surface area contributed by atoms with Crippen molar-refractivity contribution in [3.05, 3.63) is 21.4 Å². The van der Waals surface area contributed by atoms with Crippen LogP contribution >= 0.6 is 11.3 Å². The van der Waals surface area contributed by atoms with Crippen molar-refractivity contribution in [1.82, 2.24) is 5.32 Å². The van der Waals surface area contributed by atoms with E-state index < -0.39 is 5.60 Å². The van der Waals surface area contributed by atoms with Crippen LogP contribution in [0.1, 0.15) is 34.7 Å². The van der Waals surface area contributed by atoms with Crippen LogP contribution in [0.3, 0.4) is 0 Å². The van der Waals surface area contributed by atoms with Gasteiger partial charge in [0.1, 0.15) is 5.60 Å². The predicted octanol–water partition coefficient (Wildman–Crippen LogP) is 2.17. The number of ether oxygens (including phenoxy) is 1. The van der Waals surface area contributed by atoms with Crippen molar-refractivity contribution in [3.8, 4) is 0 Å². The van der Waals surface area contributed by atoms with Gasteiger partial charge in [0, 0.05) is 35.4 Å². The van der Waals surface area contributed by atoms with Crippen LogP contribution in [-0.4, -0.2) is 30.5 Å². The average Bonchev–Trinajstić information content (AvgIpc) is 2.83. The van der Waals surface area contributed by atoms with Gasteiger partial charge in [0.25, 0.3) is 0 Å². The molecule has 0 amide bonds. The van der Waals surface area contributed by atoms with E-state index >= 15 is 0 Å². The summed E-state index contributed by atoms with van der Waals surface area (Å²) in [5.74, 6) is 0. The fourth-order valence-electron chi connectivity index (χ4n) is 2.27. The molecule has 4 heteroatoms. The highest BCUT2D eigenvalue weighted by Crippen LogP contribution is 2.27. The van der Waals surface area contributed by atoms with Crippen LogP contribution in [0, 0.1) is 13.8 Å². The molecule has 0 aliphatic carbocycles. The lowest BCUT2D eigenvalue weighted by Crippen LogP contribution is -2.41. The molecule has 0 spiro atoms. The zero-order valence-corrected chi connectivity index (χ0v) is 11.6. The van der Waals surface area contributed by atoms with Crippen LogP contribution in [0.4, 0.5) is 0 Å². The molecule has 0 saturated carbocycles. The van der Waals surface area contributed by atoms with Crippen LogP contribution < -0.4 is 5.32 Å². The first-order chi connectivity index (χ1) is 8.00. The summed E-state index contributed by atoms with van der Waals surface area (Å²) < 4.78 is 5.24. The van der Waals surface area contributed by atoms with Crippen LogP contribution in [0.5, 0.6) is 0 Å². The van der Waals surface area contributed by atoms with E-state index in [0.717, 1.165) is 6.42 Å². The second-order valence-electron chi connectivity index (χ2n) is 5.00. The normalized spacial score (nSPS) is 26.4. The van der Waals surface area contributed by atoms with Gasteiger partial charge in [-0.3, -0.25) is 0 Å². The summed E-state index contributed by atoms with van der Waals surface area (Å²) in [6, 6.07) is 2.51. The Morgan fingerprint density at radius 1 is 1.59 bits per heavy atom. The van der Waals surface area contributed by atoms with Crippen molar-refractivity contribution in [2.24, 2.45) is 0 Å². The van der Waals surface area contributed by atoms with Crippen LogP contribution in [-0.2, 0) is 4.74 Å². The third-order valence-corrected chi connectivity index (χ3v) is 4.35. The Morgan fingerprint density at radius 2 is 2.35 bits per heavy atom. The first kappa shape index (κ1) is 13.0. The monoisotopic (exact) mass is 255 g/mol. The molecule has 1 aliphatic heterocycles. The summed E-state index contributed by atoms with van der Waals surface area (Å²) in [7, 11) is 0. The second-order valence-corrected chi connectivity index (χ2v) is 6.46. The van der Waals surface area contributed by atoms with Gasteiger partial charge in [0.2, 0.25) is 0 Å². The van der Waals surface area contributed by atoms with Gasteiger partial charge in [-0.25, -0.2) is 0 Å². The van der Waals surface area contributed by atoms with Crippen LogP contribution in [0.25, 0.3) is 0 Å². The number of aryl methyl sites for hydroxylation is 2. The summed E-state index contributed by atoms with van der Waals surface area (Å²) >= 11 is 1.83. The molecule has 1 aromatic heterocycles. The summed E-state index contributed by atoms with van der Waals surface area (Å²) in [5.41, 5.74) is 0.669. The molecule has 96 valence electrons. The molecule has 17 heavy (non-hydrogen) atoms. The number of aliphatic hydroxyl groups is 1. The standard InChI is InChI=1S/C13H21NO2S/c1-9-6-12(11(3)17-9)10(2)14-7-13(15)4-5-16-8-13/h6,10,14-15H,4-5,7-8H2,1-3H3. The van der Waals surface area contributed by atoms with Crippen molar-refractivity contribution in [2.45, 2.75) is 38.8 Å². The maximum atomic E-state index is 10.2. The number of thiophene rings is 1. The highest BCUT2D eigenvalue weighted by molar-refractivity contribution is 7.12. The Hall–Kier alpha value is -0.420. The van der Waals surface area contributed by atoms with Gasteiger partial charge in [0.05, 0.1) is 6.61 Å². The van der Waals surface area contributed by atoms with E-state index in [1.54, 1.807) is 0 Å². The smallest absolute Gasteiger partial charge is 0.103 e. The lowest BCUT2D eigenvalue weighted by Gasteiger charge is -2.24. The van der Waals surface area contributed by atoms with Gasteiger partial charge in [0.15, 0.2) is 0 Å². The molecule has 1 aromatic rings. The number of hydrogen-bond donors (Lipinski definition) is 2. The average molecular weight is 255 g/mol. The van der Waals surface area contributed by atoms with Crippen molar-refractivity contribution in [1.29, 1.82) is 0 Å². The molecule has 3 nitrogen and oxygen atoms in total. The molecule has 2 N–H and O–H groups in total. The molecule has 0 radical (unpaired) electrons. The lowest BCUT2D eigenvalue weighted by atomic mass is 10.0. The van der Waals surface area contributed by atoms with E-state index in [-0.39, 0.29) is 6.04 Å². The number of nitrogens with one attached hydrogen (secondary N) is 1. The molecule has 2 atom stereocenters. The Bertz CT molecular complexity index is 383. The van der Waals surface area contributed by atoms with E-state index in [0.29, 0.717) is 19.8 Å². The van der Waals surface area contributed by atoms with Gasteiger partial charge < -0.3 is 15.2 Å². The Labute approximate surface area is 107 Å². The summed E-state index contributed by atoms with van der Waals surface area (Å²) in [4.78, 5) is 2.70. The molecule has 0 bridgehead atoms. The van der Waals surface area contributed by atoms with Crippen LogP contribution in [0.2, 0.25) is 0 Å². The van der Waals surface area contributed by atoms with Gasteiger partial charge in [-0.15, -0.1) is 11.3 Å². The highest BCUT2D eigenvalue weighted by Gasteiger charge is 2.32. The van der Waals surface area contributed by atoms with Gasteiger partial charge in [-0.1, -0.05) is 0 Å². The third-order valence-electron chi connectivity index (χ3n) is 3.37. The molecule has 1 fully saturated rings. The summed E-state index contributed by atoms with van der Waals surface area (Å²) in [5, 5.41) is 13.6. The molecule has 1 saturated heterocycles. The molecule has 1 aliphatic rings. The number of rotatable bonds is 4. The first-order valence-corrected chi connectivity index (χ1v) is 6.92. The van der Waals surface area contributed by atoms with Crippen molar-refractivity contribution in [3.63, 3.8) is 0 Å². The van der Waals surface area contributed by atoms with Gasteiger partial charge in [-0.05, 0) is 32.4 Å². The summed E-state index contributed by atoms with van der Waals surface area (Å²) in [6.07, 6.45) is 0.731. The fourth-order valence-corrected chi connectivity index (χ4v) is 3.29. The maximum absolute atomic E-state index is 10.2. The van der Waals surface area contributed by atoms with Crippen molar-refractivity contribution >= 4 is 11.3 Å². The molecule has 2 unspecified atom stereocenters. The minimum atomic E-state index is -0.673. The fraction of sp³-hybridized carbons (Fsp3) is 0.692. The Balaban J connectivity index is 1.93. The molecular formula is C13H21NO2S. The van der Waals surface area contributed by atoms with E-state index in [1.807, 2.05) is 11.3 Å². The lowest BCUT2D eigenvalue weighted by molar-refractivity contribution is 0.0252. The van der Waals surface area contributed by atoms with Crippen LogP contribution in [0.15, 0.2) is 6.07 Å². The molecule has 2 heterocycles. The second kappa shape index (κ2) is 5.06. The zero-order valence-electron chi connectivity index (χ0n) is 10.7. The number of hydrogen-bond acceptors (Lipinski definition) is 4. The zero-order chi connectivity index (χ0) is 12.5. The largest absolute Gasteiger partial charge is 0.386 e. The van der Waals surface area contributed by atoms with E-state index in [4.69, 9.17) is 4.74 Å². The summed E-state index contributed by atoms with van der Waals surface area (Å²) in [6.45, 7) is 8.15. The predicted molar refractivity (Wildman–Crippen MR) is 70.6 cm³/mol. The minimum absolute atomic E-state index is 0.282.